The molecule has 1 aromatic carbocycles. The molecule has 0 saturated carbocycles. The van der Waals surface area contributed by atoms with E-state index in [9.17, 15) is 9.59 Å². The van der Waals surface area contributed by atoms with Gasteiger partial charge in [0.1, 0.15) is 11.6 Å². The smallest absolute Gasteiger partial charge is 0.253 e. The van der Waals surface area contributed by atoms with Gasteiger partial charge in [-0.25, -0.2) is 4.98 Å². The summed E-state index contributed by atoms with van der Waals surface area (Å²) < 4.78 is 5.14. The number of fused-ring (bicyclic) bond motifs is 1. The highest BCUT2D eigenvalue weighted by molar-refractivity contribution is 5.99. The number of nitrogens with two attached hydrogens (primary N) is 2. The lowest BCUT2D eigenvalue weighted by molar-refractivity contribution is -0.130. The molecule has 2 aromatic rings. The van der Waals surface area contributed by atoms with Gasteiger partial charge < -0.3 is 26.5 Å². The van der Waals surface area contributed by atoms with Gasteiger partial charge in [0.05, 0.1) is 24.5 Å². The predicted molar refractivity (Wildman–Crippen MR) is 78.1 cm³/mol. The van der Waals surface area contributed by atoms with Crippen LogP contribution in [0, 0.1) is 0 Å². The molecule has 2 heterocycles. The first kappa shape index (κ1) is 13.9. The number of benzene rings is 1. The second-order valence-corrected chi connectivity index (χ2v) is 4.87. The number of imidazole rings is 1. The van der Waals surface area contributed by atoms with E-state index >= 15 is 0 Å². The molecule has 0 bridgehead atoms. The number of primary amides is 2. The average molecular weight is 302 g/mol. The molecule has 9 nitrogen and oxygen atoms in total. The highest BCUT2D eigenvalue weighted by Gasteiger charge is 2.53. The summed E-state index contributed by atoms with van der Waals surface area (Å²) in [7, 11) is 1.54. The second-order valence-electron chi connectivity index (χ2n) is 4.87. The lowest BCUT2D eigenvalue weighted by atomic mass is 9.89. The first-order chi connectivity index (χ1) is 10.5. The first-order valence-corrected chi connectivity index (χ1v) is 6.42. The van der Waals surface area contributed by atoms with Gasteiger partial charge >= 0.3 is 0 Å². The Bertz CT molecular complexity index is 798. The number of amides is 2. The van der Waals surface area contributed by atoms with Crippen LogP contribution in [0.5, 0.6) is 5.75 Å². The number of hydrogen-bond donors (Lipinski definition) is 4. The van der Waals surface area contributed by atoms with E-state index in [0.717, 1.165) is 0 Å². The van der Waals surface area contributed by atoms with Crippen LogP contribution in [0.3, 0.4) is 0 Å². The van der Waals surface area contributed by atoms with E-state index in [-0.39, 0.29) is 5.82 Å². The minimum atomic E-state index is -1.63. The van der Waals surface area contributed by atoms with E-state index in [0.29, 0.717) is 16.8 Å². The lowest BCUT2D eigenvalue weighted by Gasteiger charge is -2.27. The number of aromatic amines is 1. The second kappa shape index (κ2) is 4.72. The van der Waals surface area contributed by atoms with Crippen molar-refractivity contribution in [1.82, 2.24) is 15.3 Å². The number of aromatic nitrogens is 2. The zero-order valence-electron chi connectivity index (χ0n) is 11.7. The zero-order chi connectivity index (χ0) is 15.9. The van der Waals surface area contributed by atoms with Crippen molar-refractivity contribution in [1.29, 1.82) is 0 Å². The summed E-state index contributed by atoms with van der Waals surface area (Å²) >= 11 is 0. The van der Waals surface area contributed by atoms with Gasteiger partial charge in [-0.3, -0.25) is 14.6 Å². The number of methoxy groups -OCH3 is 1. The number of rotatable bonds is 4. The van der Waals surface area contributed by atoms with Crippen LogP contribution in [0.1, 0.15) is 5.82 Å². The SMILES string of the molecule is COc1ccc2nc(C3(C(N)=O)NC=NC3C(N)=O)[nH]c2c1. The lowest BCUT2D eigenvalue weighted by Crippen LogP contribution is -2.59. The maximum atomic E-state index is 12.0. The van der Waals surface area contributed by atoms with E-state index in [1.54, 1.807) is 25.3 Å². The van der Waals surface area contributed by atoms with Crippen LogP contribution in [0.2, 0.25) is 0 Å². The molecule has 3 rings (SSSR count). The topological polar surface area (TPSA) is 148 Å². The molecule has 1 aromatic heterocycles. The zero-order valence-corrected chi connectivity index (χ0v) is 11.7. The maximum absolute atomic E-state index is 12.0. The molecule has 0 spiro atoms. The molecular formula is C13H14N6O3. The number of carbonyl (C=O) groups excluding carboxylic acids is 2. The third-order valence-corrected chi connectivity index (χ3v) is 3.65. The fourth-order valence-corrected chi connectivity index (χ4v) is 2.51. The molecule has 114 valence electrons. The number of ether oxygens (including phenoxy) is 1. The summed E-state index contributed by atoms with van der Waals surface area (Å²) in [5.41, 5.74) is 10.4. The van der Waals surface area contributed by atoms with Gasteiger partial charge in [-0.15, -0.1) is 0 Å². The monoisotopic (exact) mass is 302 g/mol. The Balaban J connectivity index is 2.17. The van der Waals surface area contributed by atoms with Crippen molar-refractivity contribution in [3.8, 4) is 5.75 Å². The predicted octanol–water partition coefficient (Wildman–Crippen LogP) is -1.26. The molecule has 1 aliphatic rings. The molecule has 0 radical (unpaired) electrons. The molecule has 1 aliphatic heterocycles. The molecule has 2 atom stereocenters. The fraction of sp³-hybridized carbons (Fsp3) is 0.231. The van der Waals surface area contributed by atoms with Crippen LogP contribution in [-0.4, -0.2) is 41.3 Å². The number of carbonyl (C=O) groups is 2. The first-order valence-electron chi connectivity index (χ1n) is 6.42. The van der Waals surface area contributed by atoms with Crippen LogP contribution in [0.25, 0.3) is 11.0 Å². The van der Waals surface area contributed by atoms with E-state index in [2.05, 4.69) is 20.3 Å². The van der Waals surface area contributed by atoms with Crippen molar-refractivity contribution >= 4 is 29.2 Å². The highest BCUT2D eigenvalue weighted by atomic mass is 16.5. The van der Waals surface area contributed by atoms with Gasteiger partial charge in [0.15, 0.2) is 6.04 Å². The number of nitrogens with zero attached hydrogens (tertiary/aromatic N) is 2. The summed E-state index contributed by atoms with van der Waals surface area (Å²) in [6, 6.07) is 3.99. The third kappa shape index (κ3) is 1.79. The quantitative estimate of drug-likeness (QED) is 0.556. The van der Waals surface area contributed by atoms with Crippen LogP contribution >= 0.6 is 0 Å². The van der Waals surface area contributed by atoms with Crippen molar-refractivity contribution in [3.05, 3.63) is 24.0 Å². The molecule has 9 heteroatoms. The minimum Gasteiger partial charge on any atom is -0.497 e. The maximum Gasteiger partial charge on any atom is 0.253 e. The number of H-pyrrole nitrogens is 1. The van der Waals surface area contributed by atoms with Crippen molar-refractivity contribution in [3.63, 3.8) is 0 Å². The number of hydrogen-bond acceptors (Lipinski definition) is 6. The fourth-order valence-electron chi connectivity index (χ4n) is 2.51. The molecule has 2 unspecified atom stereocenters. The molecule has 6 N–H and O–H groups in total. The largest absolute Gasteiger partial charge is 0.497 e. The van der Waals surface area contributed by atoms with E-state index in [4.69, 9.17) is 16.2 Å². The van der Waals surface area contributed by atoms with Gasteiger partial charge in [-0.1, -0.05) is 0 Å². The summed E-state index contributed by atoms with van der Waals surface area (Å²) in [6.07, 6.45) is 1.23. The molecular weight excluding hydrogens is 288 g/mol. The Kier molecular flexibility index (Phi) is 2.98. The normalized spacial score (nSPS) is 23.4. The van der Waals surface area contributed by atoms with Gasteiger partial charge in [-0.2, -0.15) is 0 Å². The summed E-state index contributed by atoms with van der Waals surface area (Å²) in [5.74, 6) is -0.791. The minimum absolute atomic E-state index is 0.171. The van der Waals surface area contributed by atoms with Crippen LogP contribution in [0.15, 0.2) is 23.2 Å². The van der Waals surface area contributed by atoms with E-state index in [1.807, 2.05) is 0 Å². The number of nitrogens with one attached hydrogen (secondary N) is 2. The van der Waals surface area contributed by atoms with Gasteiger partial charge in [0, 0.05) is 6.07 Å². The summed E-state index contributed by atoms with van der Waals surface area (Å²) in [5, 5.41) is 2.71. The van der Waals surface area contributed by atoms with Gasteiger partial charge in [0.25, 0.3) is 5.91 Å². The van der Waals surface area contributed by atoms with Crippen LogP contribution in [-0.2, 0) is 15.1 Å². The van der Waals surface area contributed by atoms with Crippen LogP contribution < -0.4 is 21.5 Å². The highest BCUT2D eigenvalue weighted by Crippen LogP contribution is 2.30. The third-order valence-electron chi connectivity index (χ3n) is 3.65. The molecule has 2 amide bonds. The summed E-state index contributed by atoms with van der Waals surface area (Å²) in [4.78, 5) is 34.8. The Morgan fingerprint density at radius 1 is 1.36 bits per heavy atom. The Labute approximate surface area is 124 Å². The van der Waals surface area contributed by atoms with Crippen molar-refractivity contribution in [2.75, 3.05) is 7.11 Å². The molecule has 0 fully saturated rings. The van der Waals surface area contributed by atoms with Gasteiger partial charge in [-0.05, 0) is 12.1 Å². The Morgan fingerprint density at radius 2 is 2.14 bits per heavy atom. The summed E-state index contributed by atoms with van der Waals surface area (Å²) in [6.45, 7) is 0. The Morgan fingerprint density at radius 3 is 2.77 bits per heavy atom. The van der Waals surface area contributed by atoms with E-state index in [1.165, 1.54) is 6.34 Å². The van der Waals surface area contributed by atoms with Crippen LogP contribution in [0.4, 0.5) is 0 Å². The molecule has 22 heavy (non-hydrogen) atoms. The molecule has 0 aliphatic carbocycles. The Hall–Kier alpha value is -3.10. The standard InChI is InChI=1S/C13H14N6O3/c1-22-6-2-3-7-8(4-6)19-12(18-7)13(11(15)21)9(10(14)20)16-5-17-13/h2-5,9H,1H3,(H2,14,20)(H2,15,21)(H,16,17)(H,18,19). The average Bonchev–Trinajstić information content (AvgIpc) is 3.10. The van der Waals surface area contributed by atoms with E-state index < -0.39 is 23.4 Å². The van der Waals surface area contributed by atoms with Crippen molar-refractivity contribution in [2.45, 2.75) is 11.6 Å². The molecule has 0 saturated heterocycles. The number of aliphatic imine (C=N–C) groups is 1. The van der Waals surface area contributed by atoms with Crippen molar-refractivity contribution < 1.29 is 14.3 Å². The van der Waals surface area contributed by atoms with Crippen molar-refractivity contribution in [2.24, 2.45) is 16.5 Å². The van der Waals surface area contributed by atoms with Gasteiger partial charge in [0.2, 0.25) is 11.4 Å².